The number of anilines is 1. The first-order chi connectivity index (χ1) is 11.7. The molecule has 3 heterocycles. The molecule has 1 unspecified atom stereocenters. The summed E-state index contributed by atoms with van der Waals surface area (Å²) in [5, 5.41) is 6.06. The van der Waals surface area contributed by atoms with Crippen LogP contribution in [0.4, 0.5) is 5.69 Å². The topological polar surface area (TPSA) is 87.5 Å². The van der Waals surface area contributed by atoms with Gasteiger partial charge in [0.2, 0.25) is 11.8 Å². The maximum atomic E-state index is 12.5. The van der Waals surface area contributed by atoms with Crippen LogP contribution in [0.15, 0.2) is 41.3 Å². The predicted octanol–water partition coefficient (Wildman–Crippen LogP) is 1.10. The van der Waals surface area contributed by atoms with Crippen LogP contribution in [0.5, 0.6) is 0 Å². The van der Waals surface area contributed by atoms with Crippen LogP contribution >= 0.6 is 0 Å². The molecule has 2 amide bonds. The van der Waals surface area contributed by atoms with Gasteiger partial charge in [-0.05, 0) is 12.1 Å². The largest absolute Gasteiger partial charge is 0.444 e. The maximum Gasteiger partial charge on any atom is 0.229 e. The Morgan fingerprint density at radius 1 is 1.38 bits per heavy atom. The van der Waals surface area contributed by atoms with E-state index >= 15 is 0 Å². The minimum atomic E-state index is -0.299. The molecule has 0 aliphatic carbocycles. The van der Waals surface area contributed by atoms with Crippen molar-refractivity contribution < 1.29 is 14.0 Å². The minimum absolute atomic E-state index is 0.0667. The first-order valence-corrected chi connectivity index (χ1v) is 8.00. The van der Waals surface area contributed by atoms with Gasteiger partial charge >= 0.3 is 0 Å². The quantitative estimate of drug-likeness (QED) is 0.878. The molecule has 2 N–H and O–H groups in total. The summed E-state index contributed by atoms with van der Waals surface area (Å²) in [7, 11) is 0. The van der Waals surface area contributed by atoms with Crippen molar-refractivity contribution in [3.63, 3.8) is 0 Å². The molecular weight excluding hydrogens is 308 g/mol. The van der Waals surface area contributed by atoms with E-state index in [4.69, 9.17) is 4.42 Å². The lowest BCUT2D eigenvalue weighted by Crippen LogP contribution is -2.57. The zero-order valence-electron chi connectivity index (χ0n) is 13.1. The first-order valence-electron chi connectivity index (χ1n) is 8.00. The highest BCUT2D eigenvalue weighted by Gasteiger charge is 2.39. The van der Waals surface area contributed by atoms with Crippen LogP contribution in [-0.4, -0.2) is 47.4 Å². The van der Waals surface area contributed by atoms with E-state index in [2.05, 4.69) is 15.6 Å². The van der Waals surface area contributed by atoms with Gasteiger partial charge < -0.3 is 20.0 Å². The van der Waals surface area contributed by atoms with Gasteiger partial charge in [-0.1, -0.05) is 12.1 Å². The number of carbonyl (C=O) groups excluding carboxylic acids is 2. The van der Waals surface area contributed by atoms with Crippen LogP contribution in [-0.2, 0) is 9.59 Å². The lowest BCUT2D eigenvalue weighted by molar-refractivity contribution is -0.130. The first kappa shape index (κ1) is 14.9. The molecule has 7 heteroatoms. The van der Waals surface area contributed by atoms with Crippen LogP contribution in [0.25, 0.3) is 11.3 Å². The number of benzene rings is 1. The molecule has 2 aliphatic heterocycles. The van der Waals surface area contributed by atoms with Crippen molar-refractivity contribution in [1.29, 1.82) is 0 Å². The molecule has 0 saturated carbocycles. The van der Waals surface area contributed by atoms with Crippen molar-refractivity contribution in [3.8, 4) is 11.3 Å². The molecule has 4 rings (SSSR count). The second-order valence-corrected chi connectivity index (χ2v) is 6.19. The molecule has 2 saturated heterocycles. The van der Waals surface area contributed by atoms with E-state index in [-0.39, 0.29) is 30.2 Å². The number of oxazole rings is 1. The second kappa shape index (κ2) is 6.09. The highest BCUT2D eigenvalue weighted by molar-refractivity contribution is 5.97. The van der Waals surface area contributed by atoms with Gasteiger partial charge in [0.1, 0.15) is 0 Å². The summed E-state index contributed by atoms with van der Waals surface area (Å²) in [6, 6.07) is 7.63. The average molecular weight is 326 g/mol. The molecule has 1 aromatic heterocycles. The molecule has 124 valence electrons. The Morgan fingerprint density at radius 2 is 2.25 bits per heavy atom. The number of aromatic nitrogens is 1. The molecular formula is C17H18N4O3. The molecule has 0 spiro atoms. The van der Waals surface area contributed by atoms with Crippen molar-refractivity contribution in [3.05, 3.63) is 36.9 Å². The van der Waals surface area contributed by atoms with Crippen LogP contribution in [0.3, 0.4) is 0 Å². The van der Waals surface area contributed by atoms with Gasteiger partial charge in [0.05, 0.1) is 18.2 Å². The van der Waals surface area contributed by atoms with Crippen LogP contribution in [0.2, 0.25) is 0 Å². The van der Waals surface area contributed by atoms with Gasteiger partial charge in [-0.3, -0.25) is 9.59 Å². The van der Waals surface area contributed by atoms with Gasteiger partial charge in [0.25, 0.3) is 0 Å². The third-order valence-corrected chi connectivity index (χ3v) is 4.58. The van der Waals surface area contributed by atoms with Crippen LogP contribution in [0, 0.1) is 5.92 Å². The van der Waals surface area contributed by atoms with E-state index in [0.29, 0.717) is 18.0 Å². The van der Waals surface area contributed by atoms with E-state index in [0.717, 1.165) is 18.7 Å². The summed E-state index contributed by atoms with van der Waals surface area (Å²) < 4.78 is 5.27. The fourth-order valence-corrected chi connectivity index (χ4v) is 3.11. The molecule has 7 nitrogen and oxygen atoms in total. The summed E-state index contributed by atoms with van der Waals surface area (Å²) in [5.41, 5.74) is 1.53. The summed E-state index contributed by atoms with van der Waals surface area (Å²) in [6.45, 7) is 2.14. The summed E-state index contributed by atoms with van der Waals surface area (Å²) in [6.07, 6.45) is 3.28. The lowest BCUT2D eigenvalue weighted by Gasteiger charge is -2.35. The van der Waals surface area contributed by atoms with Gasteiger partial charge in [-0.15, -0.1) is 0 Å². The van der Waals surface area contributed by atoms with E-state index in [1.165, 1.54) is 6.39 Å². The molecule has 1 aromatic carbocycles. The Hall–Kier alpha value is -2.67. The highest BCUT2D eigenvalue weighted by Crippen LogP contribution is 2.25. The van der Waals surface area contributed by atoms with Crippen LogP contribution < -0.4 is 10.6 Å². The SMILES string of the molecule is O=C(Nc1cccc(-c2cnco2)c1)C1CC(=O)N(C2CNC2)C1. The van der Waals surface area contributed by atoms with Crippen molar-refractivity contribution in [2.75, 3.05) is 25.0 Å². The monoisotopic (exact) mass is 326 g/mol. The third kappa shape index (κ3) is 2.78. The number of nitrogens with zero attached hydrogens (tertiary/aromatic N) is 2. The molecule has 24 heavy (non-hydrogen) atoms. The van der Waals surface area contributed by atoms with E-state index in [9.17, 15) is 9.59 Å². The van der Waals surface area contributed by atoms with E-state index in [1.807, 2.05) is 29.2 Å². The van der Waals surface area contributed by atoms with Gasteiger partial charge in [-0.25, -0.2) is 4.98 Å². The summed E-state index contributed by atoms with van der Waals surface area (Å²) >= 11 is 0. The zero-order chi connectivity index (χ0) is 16.5. The number of amides is 2. The number of hydrogen-bond acceptors (Lipinski definition) is 5. The summed E-state index contributed by atoms with van der Waals surface area (Å²) in [5.74, 6) is 0.294. The van der Waals surface area contributed by atoms with Crippen molar-refractivity contribution >= 4 is 17.5 Å². The lowest BCUT2D eigenvalue weighted by atomic mass is 10.1. The summed E-state index contributed by atoms with van der Waals surface area (Å²) in [4.78, 5) is 30.3. The number of likely N-dealkylation sites (tertiary alicyclic amines) is 1. The van der Waals surface area contributed by atoms with E-state index in [1.54, 1.807) is 6.20 Å². The normalized spacial score (nSPS) is 20.9. The van der Waals surface area contributed by atoms with Gasteiger partial charge in [0, 0.05) is 37.3 Å². The van der Waals surface area contributed by atoms with Gasteiger partial charge in [-0.2, -0.15) is 0 Å². The zero-order valence-corrected chi connectivity index (χ0v) is 13.1. The number of carbonyl (C=O) groups is 2. The number of rotatable bonds is 4. The van der Waals surface area contributed by atoms with Crippen molar-refractivity contribution in [2.45, 2.75) is 12.5 Å². The average Bonchev–Trinajstić information content (AvgIpc) is 3.17. The number of hydrogen-bond donors (Lipinski definition) is 2. The Bertz CT molecular complexity index is 755. The van der Waals surface area contributed by atoms with Crippen LogP contribution in [0.1, 0.15) is 6.42 Å². The van der Waals surface area contributed by atoms with Crippen molar-refractivity contribution in [2.24, 2.45) is 5.92 Å². The van der Waals surface area contributed by atoms with E-state index < -0.39 is 0 Å². The fraction of sp³-hybridized carbons (Fsp3) is 0.353. The molecule has 0 radical (unpaired) electrons. The fourth-order valence-electron chi connectivity index (χ4n) is 3.11. The predicted molar refractivity (Wildman–Crippen MR) is 87.0 cm³/mol. The Labute approximate surface area is 139 Å². The third-order valence-electron chi connectivity index (χ3n) is 4.58. The molecule has 2 aliphatic rings. The van der Waals surface area contributed by atoms with Crippen molar-refractivity contribution in [1.82, 2.24) is 15.2 Å². The highest BCUT2D eigenvalue weighted by atomic mass is 16.3. The molecule has 2 fully saturated rings. The molecule has 2 aromatic rings. The second-order valence-electron chi connectivity index (χ2n) is 6.19. The smallest absolute Gasteiger partial charge is 0.229 e. The number of nitrogens with one attached hydrogen (secondary N) is 2. The maximum absolute atomic E-state index is 12.5. The van der Waals surface area contributed by atoms with Gasteiger partial charge in [0.15, 0.2) is 12.2 Å². The Morgan fingerprint density at radius 3 is 2.96 bits per heavy atom. The minimum Gasteiger partial charge on any atom is -0.444 e. The molecule has 1 atom stereocenters. The standard InChI is InChI=1S/C17H18N4O3/c22-16-5-12(9-21(16)14-6-18-7-14)17(23)20-13-3-1-2-11(4-13)15-8-19-10-24-15/h1-4,8,10,12,14,18H,5-7,9H2,(H,20,23). The Kier molecular flexibility index (Phi) is 3.78. The Balaban J connectivity index is 1.43. The molecule has 0 bridgehead atoms.